The largest absolute Gasteiger partial charge is 0.387 e. The Morgan fingerprint density at radius 1 is 0.923 bits per heavy atom. The van der Waals surface area contributed by atoms with Crippen LogP contribution >= 0.6 is 0 Å². The molecule has 0 spiro atoms. The molecule has 0 saturated heterocycles. The summed E-state index contributed by atoms with van der Waals surface area (Å²) in [6.45, 7) is 17.0. The van der Waals surface area contributed by atoms with Crippen LogP contribution in [0.1, 0.15) is 47.1 Å². The Kier molecular flexibility index (Phi) is 9.85. The van der Waals surface area contributed by atoms with Crippen molar-refractivity contribution in [2.24, 2.45) is 0 Å². The van der Waals surface area contributed by atoms with Crippen molar-refractivity contribution in [2.75, 3.05) is 0 Å². The van der Waals surface area contributed by atoms with Gasteiger partial charge < -0.3 is 8.85 Å². The third-order valence-corrected chi connectivity index (χ3v) is 9.10. The summed E-state index contributed by atoms with van der Waals surface area (Å²) in [6.07, 6.45) is 10.9. The second-order valence-electron chi connectivity index (χ2n) is 7.25. The summed E-state index contributed by atoms with van der Waals surface area (Å²) >= 11 is 0. The Morgan fingerprint density at radius 2 is 1.46 bits per heavy atom. The molecule has 1 aromatic carbocycles. The number of hydrogen-bond donors (Lipinski definition) is 0. The number of rotatable bonds is 11. The zero-order valence-corrected chi connectivity index (χ0v) is 18.3. The van der Waals surface area contributed by atoms with Crippen LogP contribution < -0.4 is 0 Å². The van der Waals surface area contributed by atoms with Gasteiger partial charge in [-0.15, -0.1) is 6.58 Å². The van der Waals surface area contributed by atoms with E-state index in [0.29, 0.717) is 11.1 Å². The number of benzene rings is 1. The van der Waals surface area contributed by atoms with Crippen LogP contribution in [0.3, 0.4) is 0 Å². The van der Waals surface area contributed by atoms with Crippen LogP contribution in [0.4, 0.5) is 0 Å². The lowest BCUT2D eigenvalue weighted by Gasteiger charge is -2.41. The van der Waals surface area contributed by atoms with Gasteiger partial charge in [0.05, 0.1) is 12.2 Å². The van der Waals surface area contributed by atoms with Gasteiger partial charge in [0.25, 0.3) is 0 Å². The van der Waals surface area contributed by atoms with Crippen molar-refractivity contribution < 1.29 is 8.85 Å². The van der Waals surface area contributed by atoms with E-state index in [9.17, 15) is 0 Å². The molecule has 0 aliphatic carbocycles. The molecule has 0 fully saturated rings. The monoisotopic (exact) mass is 372 g/mol. The van der Waals surface area contributed by atoms with Gasteiger partial charge in [-0.2, -0.15) is 0 Å². The lowest BCUT2D eigenvalue weighted by molar-refractivity contribution is 0.115. The highest BCUT2D eigenvalue weighted by Gasteiger charge is 2.47. The molecule has 0 aliphatic rings. The van der Waals surface area contributed by atoms with E-state index >= 15 is 0 Å². The summed E-state index contributed by atoms with van der Waals surface area (Å²) < 4.78 is 13.5. The average Bonchev–Trinajstić information content (AvgIpc) is 2.61. The maximum atomic E-state index is 6.77. The van der Waals surface area contributed by atoms with Gasteiger partial charge in [0, 0.05) is 6.42 Å². The Balaban J connectivity index is 3.12. The van der Waals surface area contributed by atoms with Crippen LogP contribution in [0.2, 0.25) is 11.1 Å². The molecular formula is C23H36O2Si. The molecule has 0 aromatic heterocycles. The van der Waals surface area contributed by atoms with E-state index in [-0.39, 0.29) is 12.2 Å². The molecule has 0 aliphatic heterocycles. The van der Waals surface area contributed by atoms with Gasteiger partial charge in [-0.25, -0.2) is 0 Å². The van der Waals surface area contributed by atoms with Gasteiger partial charge in [0.2, 0.25) is 0 Å². The third-order valence-electron chi connectivity index (χ3n) is 4.57. The Hall–Kier alpha value is -1.42. The maximum Gasteiger partial charge on any atom is 0.344 e. The van der Waals surface area contributed by atoms with Gasteiger partial charge in [0.15, 0.2) is 0 Å². The molecule has 3 heteroatoms. The highest BCUT2D eigenvalue weighted by Crippen LogP contribution is 2.37. The SMILES string of the molecule is C=CC(Cc1ccccc1)O[Si](OC(/C=C/C)/C=C/C)(C(C)C)C(C)C. The zero-order valence-electron chi connectivity index (χ0n) is 17.3. The van der Waals surface area contributed by atoms with E-state index < -0.39 is 8.56 Å². The van der Waals surface area contributed by atoms with Crippen molar-refractivity contribution in [1.29, 1.82) is 0 Å². The van der Waals surface area contributed by atoms with Crippen LogP contribution in [0.15, 0.2) is 67.3 Å². The summed E-state index contributed by atoms with van der Waals surface area (Å²) in [7, 11) is -2.50. The minimum absolute atomic E-state index is 0.0503. The lowest BCUT2D eigenvalue weighted by Crippen LogP contribution is -2.52. The van der Waals surface area contributed by atoms with Crippen LogP contribution in [0.5, 0.6) is 0 Å². The second-order valence-corrected chi connectivity index (χ2v) is 11.5. The summed E-state index contributed by atoms with van der Waals surface area (Å²) in [6, 6.07) is 10.4. The van der Waals surface area contributed by atoms with Gasteiger partial charge in [0.1, 0.15) is 0 Å². The molecule has 0 amide bonds. The number of allylic oxidation sites excluding steroid dienone is 2. The fraction of sp³-hybridized carbons (Fsp3) is 0.478. The number of hydrogen-bond acceptors (Lipinski definition) is 2. The molecule has 0 bridgehead atoms. The third kappa shape index (κ3) is 6.38. The molecule has 1 rings (SSSR count). The van der Waals surface area contributed by atoms with Crippen LogP contribution in [-0.4, -0.2) is 20.8 Å². The highest BCUT2D eigenvalue weighted by atomic mass is 28.4. The minimum Gasteiger partial charge on any atom is -0.387 e. The summed E-state index contributed by atoms with van der Waals surface area (Å²) in [4.78, 5) is 0. The first-order chi connectivity index (χ1) is 12.4. The standard InChI is InChI=1S/C23H36O2Si/c1-8-14-23(15-9-2)25-26(19(4)5,20(6)7)24-22(10-3)18-21-16-12-11-13-17-21/h8-17,19-20,22-23H,3,18H2,1-2,4-7H3/b14-8+,15-9+. The van der Waals surface area contributed by atoms with E-state index in [2.05, 4.69) is 70.7 Å². The van der Waals surface area contributed by atoms with Crippen molar-refractivity contribution in [1.82, 2.24) is 0 Å². The lowest BCUT2D eigenvalue weighted by atomic mass is 10.1. The molecule has 144 valence electrons. The summed E-state index contributed by atoms with van der Waals surface area (Å²) in [5.41, 5.74) is 1.92. The molecule has 0 saturated carbocycles. The Morgan fingerprint density at radius 3 is 1.88 bits per heavy atom. The summed E-state index contributed by atoms with van der Waals surface area (Å²) in [5.74, 6) is 0. The molecule has 1 aromatic rings. The van der Waals surface area contributed by atoms with Crippen LogP contribution in [-0.2, 0) is 15.3 Å². The fourth-order valence-corrected chi connectivity index (χ4v) is 6.94. The maximum absolute atomic E-state index is 6.77. The smallest absolute Gasteiger partial charge is 0.344 e. The van der Waals surface area contributed by atoms with Gasteiger partial charge >= 0.3 is 8.56 Å². The topological polar surface area (TPSA) is 18.5 Å². The molecule has 2 nitrogen and oxygen atoms in total. The van der Waals surface area contributed by atoms with E-state index in [4.69, 9.17) is 8.85 Å². The molecule has 1 atom stereocenters. The Bertz CT molecular complexity index is 555. The predicted molar refractivity (Wildman–Crippen MR) is 116 cm³/mol. The van der Waals surface area contributed by atoms with E-state index in [1.165, 1.54) is 5.56 Å². The van der Waals surface area contributed by atoms with E-state index in [0.717, 1.165) is 6.42 Å². The van der Waals surface area contributed by atoms with Gasteiger partial charge in [-0.3, -0.25) is 0 Å². The molecule has 1 unspecified atom stereocenters. The normalized spacial score (nSPS) is 14.2. The first kappa shape index (κ1) is 22.6. The molecule has 26 heavy (non-hydrogen) atoms. The fourth-order valence-electron chi connectivity index (χ4n) is 3.23. The van der Waals surface area contributed by atoms with Crippen molar-refractivity contribution in [3.8, 4) is 0 Å². The molecule has 0 N–H and O–H groups in total. The van der Waals surface area contributed by atoms with E-state index in [1.54, 1.807) is 0 Å². The van der Waals surface area contributed by atoms with Crippen molar-refractivity contribution in [2.45, 2.75) is 71.3 Å². The van der Waals surface area contributed by atoms with E-state index in [1.807, 2.05) is 38.1 Å². The van der Waals surface area contributed by atoms with Crippen molar-refractivity contribution >= 4 is 8.56 Å². The zero-order chi connectivity index (χ0) is 19.6. The van der Waals surface area contributed by atoms with Crippen LogP contribution in [0.25, 0.3) is 0 Å². The van der Waals surface area contributed by atoms with Gasteiger partial charge in [-0.1, -0.05) is 88.4 Å². The minimum atomic E-state index is -2.50. The first-order valence-corrected chi connectivity index (χ1v) is 11.6. The highest BCUT2D eigenvalue weighted by molar-refractivity contribution is 6.70. The van der Waals surface area contributed by atoms with Crippen LogP contribution in [0, 0.1) is 0 Å². The van der Waals surface area contributed by atoms with Crippen molar-refractivity contribution in [3.05, 3.63) is 72.9 Å². The summed E-state index contributed by atoms with van der Waals surface area (Å²) in [5, 5.41) is 0. The molecule has 0 radical (unpaired) electrons. The average molecular weight is 373 g/mol. The Labute approximate surface area is 161 Å². The predicted octanol–water partition coefficient (Wildman–Crippen LogP) is 6.60. The van der Waals surface area contributed by atoms with Crippen molar-refractivity contribution in [3.63, 3.8) is 0 Å². The molecular weight excluding hydrogens is 336 g/mol. The van der Waals surface area contributed by atoms with Gasteiger partial charge in [-0.05, 0) is 30.5 Å². The molecule has 0 heterocycles. The quantitative estimate of drug-likeness (QED) is 0.322. The first-order valence-electron chi connectivity index (χ1n) is 9.67. The second kappa shape index (κ2) is 11.3.